The Morgan fingerprint density at radius 1 is 1.67 bits per heavy atom. The van der Waals surface area contributed by atoms with Gasteiger partial charge in [-0.1, -0.05) is 13.8 Å². The van der Waals surface area contributed by atoms with Crippen LogP contribution in [0.4, 0.5) is 0 Å². The minimum Gasteiger partial charge on any atom is -0.344 e. The third-order valence-corrected chi connectivity index (χ3v) is 3.55. The number of thioether (sulfide) groups is 1. The van der Waals surface area contributed by atoms with Gasteiger partial charge in [0, 0.05) is 25.2 Å². The van der Waals surface area contributed by atoms with E-state index >= 15 is 0 Å². The molecule has 0 bridgehead atoms. The molecule has 1 aliphatic heterocycles. The Bertz CT molecular complexity index is 227. The van der Waals surface area contributed by atoms with Gasteiger partial charge in [-0.15, -0.1) is 11.8 Å². The lowest BCUT2D eigenvalue weighted by Gasteiger charge is -2.30. The first-order valence-corrected chi connectivity index (χ1v) is 6.38. The summed E-state index contributed by atoms with van der Waals surface area (Å²) in [5.41, 5.74) is 5.65. The van der Waals surface area contributed by atoms with Crippen LogP contribution in [0.5, 0.6) is 0 Å². The van der Waals surface area contributed by atoms with E-state index < -0.39 is 0 Å². The zero-order valence-electron chi connectivity index (χ0n) is 9.75. The molecule has 88 valence electrons. The van der Waals surface area contributed by atoms with Crippen LogP contribution in [-0.2, 0) is 4.79 Å². The fraction of sp³-hybridized carbons (Fsp3) is 0.900. The van der Waals surface area contributed by atoms with Gasteiger partial charge in [-0.05, 0) is 12.0 Å². The Morgan fingerprint density at radius 2 is 2.33 bits per heavy atom. The molecule has 1 aliphatic rings. The van der Waals surface area contributed by atoms with Crippen LogP contribution in [0, 0.1) is 5.41 Å². The van der Waals surface area contributed by atoms with Crippen LogP contribution in [0.3, 0.4) is 0 Å². The van der Waals surface area contributed by atoms with Gasteiger partial charge in [0.1, 0.15) is 0 Å². The fourth-order valence-electron chi connectivity index (χ4n) is 1.60. The third-order valence-electron chi connectivity index (χ3n) is 2.61. The van der Waals surface area contributed by atoms with Crippen LogP contribution in [0.15, 0.2) is 0 Å². The molecule has 0 saturated carbocycles. The molecule has 0 spiro atoms. The highest BCUT2D eigenvalue weighted by Gasteiger charge is 2.28. The molecule has 5 heteroatoms. The van der Waals surface area contributed by atoms with Gasteiger partial charge in [-0.25, -0.2) is 0 Å². The van der Waals surface area contributed by atoms with Gasteiger partial charge in [0.15, 0.2) is 0 Å². The van der Waals surface area contributed by atoms with Crippen molar-refractivity contribution >= 4 is 17.7 Å². The Labute approximate surface area is 96.0 Å². The van der Waals surface area contributed by atoms with Crippen molar-refractivity contribution in [3.8, 4) is 0 Å². The van der Waals surface area contributed by atoms with E-state index in [-0.39, 0.29) is 17.4 Å². The molecule has 4 nitrogen and oxygen atoms in total. The van der Waals surface area contributed by atoms with Crippen molar-refractivity contribution in [2.75, 3.05) is 31.8 Å². The van der Waals surface area contributed by atoms with E-state index in [0.717, 1.165) is 11.6 Å². The molecule has 1 unspecified atom stereocenters. The van der Waals surface area contributed by atoms with Crippen molar-refractivity contribution < 1.29 is 4.79 Å². The molecule has 0 aromatic carbocycles. The summed E-state index contributed by atoms with van der Waals surface area (Å²) in [6, 6.07) is -0.00595. The van der Waals surface area contributed by atoms with Gasteiger partial charge < -0.3 is 10.6 Å². The molecule has 1 fully saturated rings. The summed E-state index contributed by atoms with van der Waals surface area (Å²) in [5.74, 6) is 1.94. The van der Waals surface area contributed by atoms with Crippen molar-refractivity contribution in [3.05, 3.63) is 0 Å². The van der Waals surface area contributed by atoms with Gasteiger partial charge >= 0.3 is 0 Å². The largest absolute Gasteiger partial charge is 0.344 e. The van der Waals surface area contributed by atoms with Crippen LogP contribution in [0.1, 0.15) is 13.8 Å². The number of nitrogens with zero attached hydrogens (tertiary/aromatic N) is 1. The van der Waals surface area contributed by atoms with Crippen molar-refractivity contribution in [2.45, 2.75) is 19.9 Å². The fourth-order valence-corrected chi connectivity index (χ4v) is 2.54. The molecule has 1 saturated heterocycles. The van der Waals surface area contributed by atoms with Crippen molar-refractivity contribution in [1.82, 2.24) is 10.2 Å². The number of amides is 1. The number of carbonyl (C=O) groups excluding carboxylic acids is 1. The maximum atomic E-state index is 11.9. The zero-order chi connectivity index (χ0) is 11.5. The van der Waals surface area contributed by atoms with Gasteiger partial charge in [-0.3, -0.25) is 10.1 Å². The second-order valence-electron chi connectivity index (χ2n) is 4.83. The first-order chi connectivity index (χ1) is 6.96. The Balaban J connectivity index is 2.45. The third kappa shape index (κ3) is 3.66. The maximum Gasteiger partial charge on any atom is 0.240 e. The van der Waals surface area contributed by atoms with Gasteiger partial charge in [-0.2, -0.15) is 0 Å². The monoisotopic (exact) mass is 231 g/mol. The zero-order valence-corrected chi connectivity index (χ0v) is 10.6. The molecule has 1 amide bonds. The average Bonchev–Trinajstić information content (AvgIpc) is 2.68. The van der Waals surface area contributed by atoms with Crippen molar-refractivity contribution in [3.63, 3.8) is 0 Å². The molecule has 0 radical (unpaired) electrons. The van der Waals surface area contributed by atoms with Gasteiger partial charge in [0.05, 0.1) is 6.04 Å². The predicted molar refractivity (Wildman–Crippen MR) is 64.7 cm³/mol. The number of hydrogen-bond acceptors (Lipinski definition) is 4. The smallest absolute Gasteiger partial charge is 0.240 e. The van der Waals surface area contributed by atoms with E-state index in [4.69, 9.17) is 5.73 Å². The van der Waals surface area contributed by atoms with E-state index in [1.807, 2.05) is 7.05 Å². The highest BCUT2D eigenvalue weighted by Crippen LogP contribution is 2.16. The summed E-state index contributed by atoms with van der Waals surface area (Å²) in [6.45, 7) is 5.46. The lowest BCUT2D eigenvalue weighted by molar-refractivity contribution is -0.132. The van der Waals surface area contributed by atoms with E-state index in [1.165, 1.54) is 0 Å². The topological polar surface area (TPSA) is 58.4 Å². The molecule has 0 aromatic heterocycles. The molecular weight excluding hydrogens is 210 g/mol. The van der Waals surface area contributed by atoms with E-state index in [2.05, 4.69) is 19.2 Å². The molecule has 1 atom stereocenters. The Kier molecular flexibility index (Phi) is 4.43. The Hall–Kier alpha value is -0.260. The molecule has 1 heterocycles. The second-order valence-corrected chi connectivity index (χ2v) is 5.86. The maximum absolute atomic E-state index is 11.9. The lowest BCUT2D eigenvalue weighted by atomic mass is 9.93. The first kappa shape index (κ1) is 12.8. The van der Waals surface area contributed by atoms with Crippen LogP contribution >= 0.6 is 11.8 Å². The Morgan fingerprint density at radius 3 is 2.80 bits per heavy atom. The standard InChI is InChI=1S/C10H21N3OS/c1-10(2,5-11)6-13(3)9(14)8-4-15-7-12-8/h8,12H,4-7,11H2,1-3H3. The van der Waals surface area contributed by atoms with Gasteiger partial charge in [0.2, 0.25) is 5.91 Å². The van der Waals surface area contributed by atoms with E-state index in [0.29, 0.717) is 13.1 Å². The number of rotatable bonds is 4. The lowest BCUT2D eigenvalue weighted by Crippen LogP contribution is -2.47. The van der Waals surface area contributed by atoms with Crippen LogP contribution < -0.4 is 11.1 Å². The number of likely N-dealkylation sites (N-methyl/N-ethyl adjacent to an activating group) is 1. The SMILES string of the molecule is CN(CC(C)(C)CN)C(=O)C1CSCN1. The summed E-state index contributed by atoms with van der Waals surface area (Å²) >= 11 is 1.77. The average molecular weight is 231 g/mol. The molecule has 0 aromatic rings. The molecular formula is C10H21N3OS. The number of nitrogens with two attached hydrogens (primary N) is 1. The predicted octanol–water partition coefficient (Wildman–Crippen LogP) is 0.0922. The van der Waals surface area contributed by atoms with Crippen molar-refractivity contribution in [2.24, 2.45) is 11.1 Å². The summed E-state index contributed by atoms with van der Waals surface area (Å²) in [7, 11) is 1.85. The minimum absolute atomic E-state index is 0.00381. The van der Waals surface area contributed by atoms with E-state index in [9.17, 15) is 4.79 Å². The molecule has 15 heavy (non-hydrogen) atoms. The highest BCUT2D eigenvalue weighted by atomic mass is 32.2. The second kappa shape index (κ2) is 5.18. The van der Waals surface area contributed by atoms with Crippen LogP contribution in [0.2, 0.25) is 0 Å². The normalized spacial score (nSPS) is 21.7. The quantitative estimate of drug-likeness (QED) is 0.720. The number of carbonyl (C=O) groups is 1. The summed E-state index contributed by atoms with van der Waals surface area (Å²) in [5, 5.41) is 3.18. The molecule has 0 aliphatic carbocycles. The molecule has 1 rings (SSSR count). The minimum atomic E-state index is -0.00595. The van der Waals surface area contributed by atoms with Crippen LogP contribution in [0.25, 0.3) is 0 Å². The number of hydrogen-bond donors (Lipinski definition) is 2. The highest BCUT2D eigenvalue weighted by molar-refractivity contribution is 7.99. The van der Waals surface area contributed by atoms with Crippen molar-refractivity contribution in [1.29, 1.82) is 0 Å². The summed E-state index contributed by atoms with van der Waals surface area (Å²) in [6.07, 6.45) is 0. The van der Waals surface area contributed by atoms with E-state index in [1.54, 1.807) is 16.7 Å². The number of nitrogens with one attached hydrogen (secondary N) is 1. The van der Waals surface area contributed by atoms with Gasteiger partial charge in [0.25, 0.3) is 0 Å². The summed E-state index contributed by atoms with van der Waals surface area (Å²) < 4.78 is 0. The first-order valence-electron chi connectivity index (χ1n) is 5.22. The summed E-state index contributed by atoms with van der Waals surface area (Å²) in [4.78, 5) is 13.7. The molecule has 3 N–H and O–H groups in total. The van der Waals surface area contributed by atoms with Crippen LogP contribution in [-0.4, -0.2) is 48.6 Å².